The van der Waals surface area contributed by atoms with Gasteiger partial charge in [0.15, 0.2) is 0 Å². The fourth-order valence-corrected chi connectivity index (χ4v) is 1.77. The highest BCUT2D eigenvalue weighted by molar-refractivity contribution is 5.49. The normalized spacial score (nSPS) is 16.0. The van der Waals surface area contributed by atoms with Gasteiger partial charge in [-0.25, -0.2) is 9.97 Å². The third-order valence-electron chi connectivity index (χ3n) is 2.91. The predicted molar refractivity (Wildman–Crippen MR) is 70.3 cm³/mol. The molecule has 4 heteroatoms. The van der Waals surface area contributed by atoms with Crippen molar-refractivity contribution in [2.45, 2.75) is 44.9 Å². The average molecular weight is 234 g/mol. The average Bonchev–Trinajstić information content (AvgIpc) is 3.08. The smallest absolute Gasteiger partial charge is 0.134 e. The molecule has 0 amide bonds. The van der Waals surface area contributed by atoms with Gasteiger partial charge in [0.05, 0.1) is 17.6 Å². The van der Waals surface area contributed by atoms with Gasteiger partial charge in [-0.1, -0.05) is 20.8 Å². The lowest BCUT2D eigenvalue weighted by Gasteiger charge is -2.19. The van der Waals surface area contributed by atoms with E-state index in [1.54, 1.807) is 0 Å². The fourth-order valence-electron chi connectivity index (χ4n) is 1.77. The van der Waals surface area contributed by atoms with Gasteiger partial charge >= 0.3 is 0 Å². The molecule has 2 rings (SSSR count). The number of nitrogens with one attached hydrogen (secondary N) is 1. The van der Waals surface area contributed by atoms with Crippen LogP contribution in [0.2, 0.25) is 0 Å². The standard InChI is InChI=1S/C13H22N4/c1-13(2,3)12-16-8-10(15-7-6-14)11(17-12)9-4-5-9/h8-9,15H,4-7,14H2,1-3H3. The summed E-state index contributed by atoms with van der Waals surface area (Å²) in [6.45, 7) is 7.84. The van der Waals surface area contributed by atoms with Crippen molar-refractivity contribution in [1.82, 2.24) is 9.97 Å². The van der Waals surface area contributed by atoms with Crippen molar-refractivity contribution in [3.05, 3.63) is 17.7 Å². The van der Waals surface area contributed by atoms with Crippen LogP contribution in [-0.2, 0) is 5.41 Å². The van der Waals surface area contributed by atoms with Crippen molar-refractivity contribution >= 4 is 5.69 Å². The molecule has 0 radical (unpaired) electrons. The molecule has 0 aromatic carbocycles. The molecule has 0 saturated heterocycles. The topological polar surface area (TPSA) is 63.8 Å². The van der Waals surface area contributed by atoms with Crippen LogP contribution >= 0.6 is 0 Å². The second-order valence-electron chi connectivity index (χ2n) is 5.73. The Kier molecular flexibility index (Phi) is 3.33. The van der Waals surface area contributed by atoms with Gasteiger partial charge in [0.1, 0.15) is 5.82 Å². The highest BCUT2D eigenvalue weighted by Crippen LogP contribution is 2.42. The van der Waals surface area contributed by atoms with Crippen LogP contribution in [0, 0.1) is 0 Å². The molecule has 0 bridgehead atoms. The van der Waals surface area contributed by atoms with Gasteiger partial charge in [0, 0.05) is 24.4 Å². The molecule has 0 spiro atoms. The van der Waals surface area contributed by atoms with Crippen LogP contribution in [0.3, 0.4) is 0 Å². The van der Waals surface area contributed by atoms with Gasteiger partial charge < -0.3 is 11.1 Å². The van der Waals surface area contributed by atoms with Crippen molar-refractivity contribution in [3.63, 3.8) is 0 Å². The van der Waals surface area contributed by atoms with Gasteiger partial charge in [-0.05, 0) is 12.8 Å². The maximum atomic E-state index is 5.51. The lowest BCUT2D eigenvalue weighted by molar-refractivity contribution is 0.541. The minimum Gasteiger partial charge on any atom is -0.381 e. The number of rotatable bonds is 4. The number of hydrogen-bond donors (Lipinski definition) is 2. The van der Waals surface area contributed by atoms with Crippen LogP contribution in [0.25, 0.3) is 0 Å². The third-order valence-corrected chi connectivity index (χ3v) is 2.91. The number of aromatic nitrogens is 2. The highest BCUT2D eigenvalue weighted by Gasteiger charge is 2.29. The molecule has 4 nitrogen and oxygen atoms in total. The molecule has 1 aromatic heterocycles. The van der Waals surface area contributed by atoms with Gasteiger partial charge in [0.25, 0.3) is 0 Å². The maximum absolute atomic E-state index is 5.51. The Bertz CT molecular complexity index is 391. The second kappa shape index (κ2) is 4.61. The van der Waals surface area contributed by atoms with E-state index in [-0.39, 0.29) is 5.41 Å². The summed E-state index contributed by atoms with van der Waals surface area (Å²) < 4.78 is 0. The molecule has 17 heavy (non-hydrogen) atoms. The van der Waals surface area contributed by atoms with E-state index in [1.807, 2.05) is 6.20 Å². The summed E-state index contributed by atoms with van der Waals surface area (Å²) in [5.41, 5.74) is 7.76. The molecule has 1 fully saturated rings. The van der Waals surface area contributed by atoms with Crippen molar-refractivity contribution in [1.29, 1.82) is 0 Å². The van der Waals surface area contributed by atoms with E-state index in [2.05, 4.69) is 31.1 Å². The Hall–Kier alpha value is -1.16. The molecule has 0 unspecified atom stereocenters. The van der Waals surface area contributed by atoms with Crippen molar-refractivity contribution in [2.24, 2.45) is 5.73 Å². The van der Waals surface area contributed by atoms with Crippen LogP contribution in [0.15, 0.2) is 6.20 Å². The first-order valence-corrected chi connectivity index (χ1v) is 6.33. The zero-order valence-electron chi connectivity index (χ0n) is 11.0. The SMILES string of the molecule is CC(C)(C)c1ncc(NCCN)c(C2CC2)n1. The molecule has 1 aliphatic carbocycles. The van der Waals surface area contributed by atoms with Crippen molar-refractivity contribution in [3.8, 4) is 0 Å². The lowest BCUT2D eigenvalue weighted by Crippen LogP contribution is -2.19. The summed E-state index contributed by atoms with van der Waals surface area (Å²) in [4.78, 5) is 9.20. The fraction of sp³-hybridized carbons (Fsp3) is 0.692. The minimum absolute atomic E-state index is 0.00996. The molecule has 1 saturated carbocycles. The van der Waals surface area contributed by atoms with E-state index in [0.717, 1.165) is 18.1 Å². The van der Waals surface area contributed by atoms with E-state index in [9.17, 15) is 0 Å². The molecule has 1 aromatic rings. The molecule has 1 aliphatic rings. The molecule has 1 heterocycles. The van der Waals surface area contributed by atoms with Crippen LogP contribution in [0.5, 0.6) is 0 Å². The van der Waals surface area contributed by atoms with E-state index < -0.39 is 0 Å². The Labute approximate surface area is 103 Å². The summed E-state index contributed by atoms with van der Waals surface area (Å²) in [6.07, 6.45) is 4.41. The third kappa shape index (κ3) is 2.94. The molecule has 3 N–H and O–H groups in total. The van der Waals surface area contributed by atoms with Crippen molar-refractivity contribution in [2.75, 3.05) is 18.4 Å². The van der Waals surface area contributed by atoms with E-state index in [4.69, 9.17) is 10.7 Å². The zero-order valence-corrected chi connectivity index (χ0v) is 11.0. The Balaban J connectivity index is 2.28. The maximum Gasteiger partial charge on any atom is 0.134 e. The lowest BCUT2D eigenvalue weighted by atomic mass is 9.95. The first kappa shape index (κ1) is 12.3. The number of nitrogens with zero attached hydrogens (tertiary/aromatic N) is 2. The summed E-state index contributed by atoms with van der Waals surface area (Å²) in [5.74, 6) is 1.55. The Morgan fingerprint density at radius 1 is 1.41 bits per heavy atom. The monoisotopic (exact) mass is 234 g/mol. The summed E-state index contributed by atoms with van der Waals surface area (Å²) >= 11 is 0. The summed E-state index contributed by atoms with van der Waals surface area (Å²) in [5, 5.41) is 3.31. The molecular formula is C13H22N4. The van der Waals surface area contributed by atoms with Gasteiger partial charge in [-0.15, -0.1) is 0 Å². The highest BCUT2D eigenvalue weighted by atomic mass is 15.0. The van der Waals surface area contributed by atoms with Gasteiger partial charge in [-0.2, -0.15) is 0 Å². The minimum atomic E-state index is 0.00996. The molecule has 0 aliphatic heterocycles. The van der Waals surface area contributed by atoms with Crippen LogP contribution in [-0.4, -0.2) is 23.1 Å². The van der Waals surface area contributed by atoms with Gasteiger partial charge in [-0.3, -0.25) is 0 Å². The van der Waals surface area contributed by atoms with Crippen molar-refractivity contribution < 1.29 is 0 Å². The van der Waals surface area contributed by atoms with E-state index in [1.165, 1.54) is 18.5 Å². The Morgan fingerprint density at radius 2 is 2.12 bits per heavy atom. The van der Waals surface area contributed by atoms with E-state index in [0.29, 0.717) is 12.5 Å². The molecule has 0 atom stereocenters. The van der Waals surface area contributed by atoms with Gasteiger partial charge in [0.2, 0.25) is 0 Å². The number of anilines is 1. The number of nitrogens with two attached hydrogens (primary N) is 1. The van der Waals surface area contributed by atoms with Crippen LogP contribution in [0.1, 0.15) is 51.0 Å². The first-order valence-electron chi connectivity index (χ1n) is 6.33. The first-order chi connectivity index (χ1) is 8.02. The zero-order chi connectivity index (χ0) is 12.5. The van der Waals surface area contributed by atoms with Crippen LogP contribution < -0.4 is 11.1 Å². The quantitative estimate of drug-likeness (QED) is 0.836. The predicted octanol–water partition coefficient (Wildman–Crippen LogP) is 2.02. The summed E-state index contributed by atoms with van der Waals surface area (Å²) in [6, 6.07) is 0. The largest absolute Gasteiger partial charge is 0.381 e. The molecular weight excluding hydrogens is 212 g/mol. The van der Waals surface area contributed by atoms with E-state index >= 15 is 0 Å². The number of hydrogen-bond acceptors (Lipinski definition) is 4. The van der Waals surface area contributed by atoms with Crippen LogP contribution in [0.4, 0.5) is 5.69 Å². The Morgan fingerprint density at radius 3 is 2.65 bits per heavy atom. The molecule has 94 valence electrons. The second-order valence-corrected chi connectivity index (χ2v) is 5.73. The summed E-state index contributed by atoms with van der Waals surface area (Å²) in [7, 11) is 0.